The van der Waals surface area contributed by atoms with Crippen LogP contribution in [0, 0.1) is 15.9 Å². The van der Waals surface area contributed by atoms with Gasteiger partial charge < -0.3 is 4.74 Å². The van der Waals surface area contributed by atoms with E-state index in [-0.39, 0.29) is 5.56 Å². The van der Waals surface area contributed by atoms with Crippen LogP contribution in [0.5, 0.6) is 0 Å². The Morgan fingerprint density at radius 1 is 1.60 bits per heavy atom. The standard InChI is InChI=1S/C8H5ClFNO4/c1-15-8(12)4-2-3-5(11(13)14)7(10)6(4)9/h2-3H,1H3. The Bertz CT molecular complexity index is 435. The van der Waals surface area contributed by atoms with Crippen LogP contribution in [0.4, 0.5) is 10.1 Å². The van der Waals surface area contributed by atoms with Crippen LogP contribution in [0.3, 0.4) is 0 Å². The second-order valence-electron chi connectivity index (χ2n) is 2.51. The first-order chi connectivity index (χ1) is 6.99. The summed E-state index contributed by atoms with van der Waals surface area (Å²) in [5, 5.41) is 9.70. The molecule has 0 aliphatic rings. The molecule has 7 heteroatoms. The Hall–Kier alpha value is -1.69. The molecule has 5 nitrogen and oxygen atoms in total. The van der Waals surface area contributed by atoms with Crippen LogP contribution in [0.15, 0.2) is 12.1 Å². The van der Waals surface area contributed by atoms with Gasteiger partial charge in [0.25, 0.3) is 0 Å². The lowest BCUT2D eigenvalue weighted by molar-refractivity contribution is -0.387. The van der Waals surface area contributed by atoms with Gasteiger partial charge in [-0.25, -0.2) is 4.79 Å². The summed E-state index contributed by atoms with van der Waals surface area (Å²) < 4.78 is 17.5. The molecule has 1 rings (SSSR count). The third-order valence-corrected chi connectivity index (χ3v) is 2.03. The molecule has 0 saturated carbocycles. The van der Waals surface area contributed by atoms with Crippen molar-refractivity contribution in [2.75, 3.05) is 7.11 Å². The van der Waals surface area contributed by atoms with Crippen LogP contribution in [-0.2, 0) is 4.74 Å². The Labute approximate surface area is 88.6 Å². The first-order valence-electron chi connectivity index (χ1n) is 3.69. The SMILES string of the molecule is COC(=O)c1ccc([N+](=O)[O-])c(F)c1Cl. The molecule has 0 heterocycles. The highest BCUT2D eigenvalue weighted by atomic mass is 35.5. The largest absolute Gasteiger partial charge is 0.465 e. The lowest BCUT2D eigenvalue weighted by Crippen LogP contribution is -2.04. The highest BCUT2D eigenvalue weighted by Gasteiger charge is 2.23. The van der Waals surface area contributed by atoms with E-state index in [0.717, 1.165) is 19.2 Å². The molecule has 0 N–H and O–H groups in total. The maximum atomic E-state index is 13.2. The number of nitrogens with zero attached hydrogens (tertiary/aromatic N) is 1. The van der Waals surface area contributed by atoms with E-state index in [2.05, 4.69) is 4.74 Å². The molecule has 0 unspecified atom stereocenters. The summed E-state index contributed by atoms with van der Waals surface area (Å²) in [6, 6.07) is 1.89. The van der Waals surface area contributed by atoms with Gasteiger partial charge in [0, 0.05) is 6.07 Å². The molecule has 0 amide bonds. The minimum Gasteiger partial charge on any atom is -0.465 e. The minimum atomic E-state index is -1.25. The average Bonchev–Trinajstić information content (AvgIpc) is 2.20. The van der Waals surface area contributed by atoms with E-state index in [4.69, 9.17) is 11.6 Å². The maximum Gasteiger partial charge on any atom is 0.339 e. The number of rotatable bonds is 2. The number of esters is 1. The Morgan fingerprint density at radius 3 is 2.67 bits per heavy atom. The Kier molecular flexibility index (Phi) is 3.21. The molecular weight excluding hydrogens is 229 g/mol. The zero-order valence-electron chi connectivity index (χ0n) is 7.49. The van der Waals surface area contributed by atoms with Crippen molar-refractivity contribution in [1.29, 1.82) is 0 Å². The van der Waals surface area contributed by atoms with Crippen molar-refractivity contribution in [1.82, 2.24) is 0 Å². The molecule has 80 valence electrons. The molecule has 0 aliphatic carbocycles. The van der Waals surface area contributed by atoms with Crippen LogP contribution in [0.2, 0.25) is 5.02 Å². The number of ether oxygens (including phenoxy) is 1. The Balaban J connectivity index is 3.33. The number of carbonyl (C=O) groups is 1. The van der Waals surface area contributed by atoms with E-state index < -0.39 is 27.4 Å². The number of carbonyl (C=O) groups excluding carboxylic acids is 1. The third-order valence-electron chi connectivity index (χ3n) is 1.66. The summed E-state index contributed by atoms with van der Waals surface area (Å²) >= 11 is 5.44. The fourth-order valence-electron chi connectivity index (χ4n) is 0.948. The first-order valence-corrected chi connectivity index (χ1v) is 4.07. The summed E-state index contributed by atoms with van der Waals surface area (Å²) in [6.45, 7) is 0. The van der Waals surface area contributed by atoms with Crippen LogP contribution in [0.25, 0.3) is 0 Å². The maximum absolute atomic E-state index is 13.2. The van der Waals surface area contributed by atoms with Crippen molar-refractivity contribution in [3.63, 3.8) is 0 Å². The van der Waals surface area contributed by atoms with E-state index in [0.29, 0.717) is 0 Å². The van der Waals surface area contributed by atoms with Crippen molar-refractivity contribution in [3.8, 4) is 0 Å². The van der Waals surface area contributed by atoms with Crippen molar-refractivity contribution < 1.29 is 18.8 Å². The van der Waals surface area contributed by atoms with Gasteiger partial charge in [-0.2, -0.15) is 4.39 Å². The van der Waals surface area contributed by atoms with Gasteiger partial charge in [-0.05, 0) is 6.07 Å². The highest BCUT2D eigenvalue weighted by molar-refractivity contribution is 6.34. The highest BCUT2D eigenvalue weighted by Crippen LogP contribution is 2.28. The monoisotopic (exact) mass is 233 g/mol. The number of nitro groups is 1. The molecule has 15 heavy (non-hydrogen) atoms. The fraction of sp³-hybridized carbons (Fsp3) is 0.125. The number of hydrogen-bond donors (Lipinski definition) is 0. The Morgan fingerprint density at radius 2 is 2.20 bits per heavy atom. The lowest BCUT2D eigenvalue weighted by atomic mass is 10.2. The molecule has 1 aromatic carbocycles. The molecule has 0 spiro atoms. The van der Waals surface area contributed by atoms with Gasteiger partial charge in [0.2, 0.25) is 5.82 Å². The first kappa shape index (κ1) is 11.4. The van der Waals surface area contributed by atoms with Gasteiger partial charge >= 0.3 is 11.7 Å². The molecular formula is C8H5ClFNO4. The molecule has 0 aromatic heterocycles. The van der Waals surface area contributed by atoms with Crippen molar-refractivity contribution in [2.45, 2.75) is 0 Å². The second-order valence-corrected chi connectivity index (χ2v) is 2.89. The molecule has 0 atom stereocenters. The van der Waals surface area contributed by atoms with Crippen molar-refractivity contribution >= 4 is 23.3 Å². The predicted molar refractivity (Wildman–Crippen MR) is 49.4 cm³/mol. The van der Waals surface area contributed by atoms with E-state index in [1.165, 1.54) is 0 Å². The summed E-state index contributed by atoms with van der Waals surface area (Å²) in [7, 11) is 1.10. The number of methoxy groups -OCH3 is 1. The summed E-state index contributed by atoms with van der Waals surface area (Å²) in [5.74, 6) is -2.10. The zero-order valence-corrected chi connectivity index (χ0v) is 8.25. The predicted octanol–water partition coefficient (Wildman–Crippen LogP) is 2.17. The summed E-state index contributed by atoms with van der Waals surface area (Å²) in [5.41, 5.74) is -1.03. The third kappa shape index (κ3) is 2.04. The topological polar surface area (TPSA) is 69.4 Å². The molecule has 1 aromatic rings. The summed E-state index contributed by atoms with van der Waals surface area (Å²) in [4.78, 5) is 20.4. The van der Waals surface area contributed by atoms with Crippen molar-refractivity contribution in [3.05, 3.63) is 38.7 Å². The number of halogens is 2. The van der Waals surface area contributed by atoms with E-state index in [1.807, 2.05) is 0 Å². The number of hydrogen-bond acceptors (Lipinski definition) is 4. The molecule has 0 bridgehead atoms. The van der Waals surface area contributed by atoms with E-state index in [9.17, 15) is 19.3 Å². The fourth-order valence-corrected chi connectivity index (χ4v) is 1.18. The normalized spacial score (nSPS) is 9.80. The van der Waals surface area contributed by atoms with Gasteiger partial charge in [-0.3, -0.25) is 10.1 Å². The quantitative estimate of drug-likeness (QED) is 0.446. The molecule has 0 fully saturated rings. The smallest absolute Gasteiger partial charge is 0.339 e. The number of benzene rings is 1. The van der Waals surface area contributed by atoms with Gasteiger partial charge in [0.1, 0.15) is 0 Å². The van der Waals surface area contributed by atoms with Crippen LogP contribution in [-0.4, -0.2) is 18.0 Å². The second kappa shape index (κ2) is 4.22. The van der Waals surface area contributed by atoms with Gasteiger partial charge in [-0.15, -0.1) is 0 Å². The van der Waals surface area contributed by atoms with Crippen LogP contribution in [0.1, 0.15) is 10.4 Å². The van der Waals surface area contributed by atoms with Gasteiger partial charge in [-0.1, -0.05) is 11.6 Å². The minimum absolute atomic E-state index is 0.248. The molecule has 0 radical (unpaired) electrons. The van der Waals surface area contributed by atoms with E-state index >= 15 is 0 Å². The lowest BCUT2D eigenvalue weighted by Gasteiger charge is -2.02. The van der Waals surface area contributed by atoms with Crippen LogP contribution >= 0.6 is 11.6 Å². The zero-order chi connectivity index (χ0) is 11.6. The summed E-state index contributed by atoms with van der Waals surface area (Å²) in [6.07, 6.45) is 0. The van der Waals surface area contributed by atoms with Gasteiger partial charge in [0.05, 0.1) is 22.6 Å². The van der Waals surface area contributed by atoms with Gasteiger partial charge in [0.15, 0.2) is 0 Å². The molecule has 0 aliphatic heterocycles. The number of nitro benzene ring substituents is 1. The van der Waals surface area contributed by atoms with Crippen LogP contribution < -0.4 is 0 Å². The average molecular weight is 234 g/mol. The van der Waals surface area contributed by atoms with E-state index in [1.54, 1.807) is 0 Å². The molecule has 0 saturated heterocycles. The van der Waals surface area contributed by atoms with Crippen molar-refractivity contribution in [2.24, 2.45) is 0 Å².